The first kappa shape index (κ1) is 15.3. The van der Waals surface area contributed by atoms with Crippen LogP contribution in [-0.4, -0.2) is 34.6 Å². The van der Waals surface area contributed by atoms with Crippen LogP contribution in [0, 0.1) is 5.92 Å². The summed E-state index contributed by atoms with van der Waals surface area (Å²) in [5.74, 6) is -0.755. The van der Waals surface area contributed by atoms with Crippen LogP contribution in [0.1, 0.15) is 43.0 Å². The number of rotatable bonds is 7. The number of pyridine rings is 1. The van der Waals surface area contributed by atoms with Gasteiger partial charge in [0, 0.05) is 30.8 Å². The molecule has 0 aromatic carbocycles. The van der Waals surface area contributed by atoms with Gasteiger partial charge in [-0.15, -0.1) is 0 Å². The number of hydrogen-bond donors (Lipinski definition) is 2. The van der Waals surface area contributed by atoms with Crippen LogP contribution >= 0.6 is 0 Å². The van der Waals surface area contributed by atoms with E-state index in [4.69, 9.17) is 9.84 Å². The number of carboxylic acids is 1. The number of carboxylic acid groups (broad SMARTS) is 1. The van der Waals surface area contributed by atoms with Crippen LogP contribution in [0.3, 0.4) is 0 Å². The van der Waals surface area contributed by atoms with Crippen LogP contribution in [0.15, 0.2) is 18.3 Å². The van der Waals surface area contributed by atoms with E-state index in [0.29, 0.717) is 18.0 Å². The van der Waals surface area contributed by atoms with Crippen molar-refractivity contribution < 1.29 is 19.4 Å². The van der Waals surface area contributed by atoms with E-state index in [1.165, 1.54) is 6.42 Å². The maximum Gasteiger partial charge on any atom is 0.303 e. The number of carbonyl (C=O) groups is 2. The van der Waals surface area contributed by atoms with Gasteiger partial charge in [-0.2, -0.15) is 0 Å². The monoisotopic (exact) mass is 292 g/mol. The average molecular weight is 292 g/mol. The lowest BCUT2D eigenvalue weighted by Gasteiger charge is -2.25. The van der Waals surface area contributed by atoms with E-state index in [9.17, 15) is 9.59 Å². The molecule has 1 aliphatic rings. The van der Waals surface area contributed by atoms with Crippen molar-refractivity contribution in [2.45, 2.75) is 38.7 Å². The molecule has 0 spiro atoms. The number of ether oxygens (including phenoxy) is 1. The van der Waals surface area contributed by atoms with Gasteiger partial charge in [0.2, 0.25) is 5.88 Å². The topological polar surface area (TPSA) is 88.5 Å². The van der Waals surface area contributed by atoms with Crippen molar-refractivity contribution in [3.63, 3.8) is 0 Å². The molecule has 1 aromatic rings. The van der Waals surface area contributed by atoms with Gasteiger partial charge in [-0.1, -0.05) is 6.92 Å². The third-order valence-electron chi connectivity index (χ3n) is 3.47. The molecule has 1 unspecified atom stereocenters. The number of aliphatic carboxylic acids is 1. The van der Waals surface area contributed by atoms with E-state index in [1.54, 1.807) is 25.3 Å². The molecule has 114 valence electrons. The SMILES string of the molecule is CC(CNC(=O)c1ccnc(OC2CCC2)c1)CC(=O)O. The Kier molecular flexibility index (Phi) is 5.14. The summed E-state index contributed by atoms with van der Waals surface area (Å²) in [7, 11) is 0. The Bertz CT molecular complexity index is 514. The Labute approximate surface area is 123 Å². The zero-order valence-corrected chi connectivity index (χ0v) is 12.0. The summed E-state index contributed by atoms with van der Waals surface area (Å²) in [6, 6.07) is 3.24. The molecule has 6 nitrogen and oxygen atoms in total. The highest BCUT2D eigenvalue weighted by Crippen LogP contribution is 2.24. The van der Waals surface area contributed by atoms with Gasteiger partial charge in [-0.05, 0) is 31.2 Å². The van der Waals surface area contributed by atoms with Crippen molar-refractivity contribution in [1.82, 2.24) is 10.3 Å². The normalized spacial score (nSPS) is 15.9. The molecule has 1 heterocycles. The molecular weight excluding hydrogens is 272 g/mol. The number of hydrogen-bond acceptors (Lipinski definition) is 4. The van der Waals surface area contributed by atoms with Crippen molar-refractivity contribution in [2.24, 2.45) is 5.92 Å². The average Bonchev–Trinajstić information content (AvgIpc) is 2.40. The van der Waals surface area contributed by atoms with Gasteiger partial charge in [-0.25, -0.2) is 4.98 Å². The molecule has 0 radical (unpaired) electrons. The van der Waals surface area contributed by atoms with Crippen LogP contribution in [0.5, 0.6) is 5.88 Å². The molecule has 2 rings (SSSR count). The molecule has 0 bridgehead atoms. The first-order valence-electron chi connectivity index (χ1n) is 7.17. The molecule has 0 aliphatic heterocycles. The molecule has 2 N–H and O–H groups in total. The molecule has 1 atom stereocenters. The van der Waals surface area contributed by atoms with Crippen LogP contribution in [0.4, 0.5) is 0 Å². The third kappa shape index (κ3) is 4.73. The van der Waals surface area contributed by atoms with Gasteiger partial charge >= 0.3 is 5.97 Å². The quantitative estimate of drug-likeness (QED) is 0.800. The summed E-state index contributed by atoms with van der Waals surface area (Å²) in [5.41, 5.74) is 0.474. The molecule has 1 aliphatic carbocycles. The molecule has 1 amide bonds. The van der Waals surface area contributed by atoms with Crippen molar-refractivity contribution in [2.75, 3.05) is 6.54 Å². The van der Waals surface area contributed by atoms with Crippen LogP contribution in [-0.2, 0) is 4.79 Å². The second-order valence-corrected chi connectivity index (χ2v) is 5.47. The predicted octanol–water partition coefficient (Wildman–Crippen LogP) is 1.85. The Hall–Kier alpha value is -2.11. The fourth-order valence-electron chi connectivity index (χ4n) is 2.01. The van der Waals surface area contributed by atoms with Crippen molar-refractivity contribution in [1.29, 1.82) is 0 Å². The predicted molar refractivity (Wildman–Crippen MR) is 76.3 cm³/mol. The fraction of sp³-hybridized carbons (Fsp3) is 0.533. The summed E-state index contributed by atoms with van der Waals surface area (Å²) in [6.45, 7) is 2.11. The Morgan fingerprint density at radius 2 is 2.29 bits per heavy atom. The van der Waals surface area contributed by atoms with Crippen molar-refractivity contribution in [3.05, 3.63) is 23.9 Å². The Balaban J connectivity index is 1.86. The second-order valence-electron chi connectivity index (χ2n) is 5.47. The smallest absolute Gasteiger partial charge is 0.303 e. The van der Waals surface area contributed by atoms with Crippen LogP contribution in [0.2, 0.25) is 0 Å². The van der Waals surface area contributed by atoms with Crippen LogP contribution < -0.4 is 10.1 Å². The van der Waals surface area contributed by atoms with Gasteiger partial charge in [0.1, 0.15) is 6.10 Å². The number of carbonyl (C=O) groups excluding carboxylic acids is 1. The van der Waals surface area contributed by atoms with E-state index in [0.717, 1.165) is 12.8 Å². The Morgan fingerprint density at radius 3 is 2.90 bits per heavy atom. The summed E-state index contributed by atoms with van der Waals surface area (Å²) < 4.78 is 5.65. The summed E-state index contributed by atoms with van der Waals surface area (Å²) >= 11 is 0. The van der Waals surface area contributed by atoms with Gasteiger partial charge < -0.3 is 15.2 Å². The minimum Gasteiger partial charge on any atom is -0.481 e. The first-order valence-corrected chi connectivity index (χ1v) is 7.17. The van der Waals surface area contributed by atoms with Crippen LogP contribution in [0.25, 0.3) is 0 Å². The number of nitrogens with zero attached hydrogens (tertiary/aromatic N) is 1. The summed E-state index contributed by atoms with van der Waals surface area (Å²) in [5, 5.41) is 11.4. The fourth-order valence-corrected chi connectivity index (χ4v) is 2.01. The van der Waals surface area contributed by atoms with Gasteiger partial charge in [-0.3, -0.25) is 9.59 Å². The molecule has 1 fully saturated rings. The number of aromatic nitrogens is 1. The lowest BCUT2D eigenvalue weighted by molar-refractivity contribution is -0.137. The molecular formula is C15H20N2O4. The minimum absolute atomic E-state index is 0.0344. The molecule has 1 aromatic heterocycles. The Morgan fingerprint density at radius 1 is 1.52 bits per heavy atom. The van der Waals surface area contributed by atoms with Gasteiger partial charge in [0.05, 0.1) is 0 Å². The van der Waals surface area contributed by atoms with Crippen molar-refractivity contribution in [3.8, 4) is 5.88 Å². The van der Waals surface area contributed by atoms with Gasteiger partial charge in [0.15, 0.2) is 0 Å². The van der Waals surface area contributed by atoms with Gasteiger partial charge in [0.25, 0.3) is 5.91 Å². The minimum atomic E-state index is -0.864. The zero-order chi connectivity index (χ0) is 15.2. The second kappa shape index (κ2) is 7.06. The van der Waals surface area contributed by atoms with Crippen molar-refractivity contribution >= 4 is 11.9 Å². The maximum atomic E-state index is 12.0. The highest BCUT2D eigenvalue weighted by Gasteiger charge is 2.20. The number of nitrogens with one attached hydrogen (secondary N) is 1. The molecule has 21 heavy (non-hydrogen) atoms. The molecule has 6 heteroatoms. The third-order valence-corrected chi connectivity index (χ3v) is 3.47. The largest absolute Gasteiger partial charge is 0.481 e. The van der Waals surface area contributed by atoms with E-state index in [1.807, 2.05) is 0 Å². The summed E-state index contributed by atoms with van der Waals surface area (Å²) in [6.07, 6.45) is 5.03. The lowest BCUT2D eigenvalue weighted by atomic mass is 9.96. The van der Waals surface area contributed by atoms with E-state index < -0.39 is 5.97 Å². The lowest BCUT2D eigenvalue weighted by Crippen LogP contribution is -2.29. The molecule has 0 saturated heterocycles. The van der Waals surface area contributed by atoms with E-state index >= 15 is 0 Å². The zero-order valence-electron chi connectivity index (χ0n) is 12.0. The summed E-state index contributed by atoms with van der Waals surface area (Å²) in [4.78, 5) is 26.7. The standard InChI is InChI=1S/C15H20N2O4/c1-10(7-14(18)19)9-17-15(20)11-5-6-16-13(8-11)21-12-3-2-4-12/h5-6,8,10,12H,2-4,7,9H2,1H3,(H,17,20)(H,18,19). The van der Waals surface area contributed by atoms with E-state index in [-0.39, 0.29) is 24.3 Å². The maximum absolute atomic E-state index is 12.0. The molecule has 1 saturated carbocycles. The number of amides is 1. The highest BCUT2D eigenvalue weighted by atomic mass is 16.5. The van der Waals surface area contributed by atoms with E-state index in [2.05, 4.69) is 10.3 Å². The highest BCUT2D eigenvalue weighted by molar-refractivity contribution is 5.94. The first-order chi connectivity index (χ1) is 10.0.